The highest BCUT2D eigenvalue weighted by Gasteiger charge is 2.13. The van der Waals surface area contributed by atoms with E-state index in [0.717, 1.165) is 0 Å². The zero-order valence-corrected chi connectivity index (χ0v) is 5.54. The first-order valence-corrected chi connectivity index (χ1v) is 2.75. The van der Waals surface area contributed by atoms with E-state index in [9.17, 15) is 9.90 Å². The summed E-state index contributed by atoms with van der Waals surface area (Å²) in [4.78, 5) is 12.3. The van der Waals surface area contributed by atoms with E-state index < -0.39 is 18.1 Å². The van der Waals surface area contributed by atoms with Gasteiger partial charge < -0.3 is 20.7 Å². The minimum absolute atomic E-state index is 0.369. The average Bonchev–Trinajstić information content (AvgIpc) is 1.98. The first-order valence-electron chi connectivity index (χ1n) is 2.75. The van der Waals surface area contributed by atoms with Crippen LogP contribution in [0, 0.1) is 0 Å². The summed E-state index contributed by atoms with van der Waals surface area (Å²) in [6.07, 6.45) is -1.39. The van der Waals surface area contributed by atoms with Crippen molar-refractivity contribution >= 4 is 5.97 Å². The number of hydrogen-bond acceptors (Lipinski definition) is 5. The Morgan fingerprint density at radius 2 is 2.45 bits per heavy atom. The van der Waals surface area contributed by atoms with Crippen LogP contribution in [0.1, 0.15) is 0 Å². The third-order valence-corrected chi connectivity index (χ3v) is 1.02. The predicted molar refractivity (Wildman–Crippen MR) is 33.0 cm³/mol. The van der Waals surface area contributed by atoms with Gasteiger partial charge in [0.2, 0.25) is 0 Å². The van der Waals surface area contributed by atoms with Gasteiger partial charge in [-0.05, 0) is 5.53 Å². The van der Waals surface area contributed by atoms with Crippen LogP contribution in [0.3, 0.4) is 0 Å². The summed E-state index contributed by atoms with van der Waals surface area (Å²) in [6.45, 7) is -0.369. The molecule has 0 saturated carbocycles. The third kappa shape index (κ3) is 3.41. The molecule has 0 fully saturated rings. The molecule has 0 aliphatic rings. The van der Waals surface area contributed by atoms with Gasteiger partial charge in [0.25, 0.3) is 0 Å². The minimum Gasteiger partial charge on any atom is -0.548 e. The lowest BCUT2D eigenvalue weighted by Crippen LogP contribution is -2.50. The number of nitrogens with zero attached hydrogens (tertiary/aromatic N) is 3. The fourth-order valence-electron chi connectivity index (χ4n) is 0.391. The second-order valence-corrected chi connectivity index (χ2v) is 1.83. The fourth-order valence-corrected chi connectivity index (χ4v) is 0.391. The fraction of sp³-hybridized carbons (Fsp3) is 0.750. The Bertz CT molecular complexity index is 188. The van der Waals surface area contributed by atoms with Crippen LogP contribution in [-0.4, -0.2) is 29.8 Å². The highest BCUT2D eigenvalue weighted by Crippen LogP contribution is 1.89. The van der Waals surface area contributed by atoms with Crippen LogP contribution in [0.25, 0.3) is 10.4 Å². The number of carbonyl (C=O) groups is 1. The molecule has 0 saturated heterocycles. The quantitative estimate of drug-likeness (QED) is 0.271. The molecule has 0 aromatic carbocycles. The molecule has 7 nitrogen and oxygen atoms in total. The maximum Gasteiger partial charge on any atom is 0.0801 e. The zero-order chi connectivity index (χ0) is 8.85. The van der Waals surface area contributed by atoms with E-state index in [1.807, 2.05) is 0 Å². The Morgan fingerprint density at radius 1 is 1.91 bits per heavy atom. The van der Waals surface area contributed by atoms with Crippen LogP contribution < -0.4 is 10.8 Å². The van der Waals surface area contributed by atoms with E-state index in [1.165, 1.54) is 0 Å². The van der Waals surface area contributed by atoms with Gasteiger partial charge in [0.1, 0.15) is 0 Å². The molecule has 0 spiro atoms. The van der Waals surface area contributed by atoms with Gasteiger partial charge in [-0.1, -0.05) is 5.11 Å². The summed E-state index contributed by atoms with van der Waals surface area (Å²) in [5.74, 6) is -1.58. The summed E-state index contributed by atoms with van der Waals surface area (Å²) < 4.78 is 0. The van der Waals surface area contributed by atoms with Gasteiger partial charge in [0.05, 0.1) is 24.7 Å². The lowest BCUT2D eigenvalue weighted by molar-refractivity contribution is -0.309. The largest absolute Gasteiger partial charge is 0.548 e. The van der Waals surface area contributed by atoms with Crippen molar-refractivity contribution in [2.45, 2.75) is 12.1 Å². The number of aliphatic hydroxyl groups excluding tert-OH is 1. The van der Waals surface area contributed by atoms with Crippen LogP contribution in [0.15, 0.2) is 5.11 Å². The molecule has 7 heteroatoms. The summed E-state index contributed by atoms with van der Waals surface area (Å²) in [7, 11) is 0. The first-order chi connectivity index (χ1) is 5.09. The summed E-state index contributed by atoms with van der Waals surface area (Å²) in [5, 5.41) is 21.7. The van der Waals surface area contributed by atoms with Gasteiger partial charge in [-0.3, -0.25) is 0 Å². The minimum atomic E-state index is -1.58. The van der Waals surface area contributed by atoms with Gasteiger partial charge in [-0.25, -0.2) is 0 Å². The zero-order valence-electron chi connectivity index (χ0n) is 5.54. The topological polar surface area (TPSA) is 135 Å². The Kier molecular flexibility index (Phi) is 3.97. The van der Waals surface area contributed by atoms with Crippen molar-refractivity contribution < 1.29 is 15.0 Å². The molecule has 3 N–H and O–H groups in total. The molecule has 0 heterocycles. The van der Waals surface area contributed by atoms with Crippen molar-refractivity contribution in [2.24, 2.45) is 10.8 Å². The predicted octanol–water partition coefficient (Wildman–Crippen LogP) is -2.27. The number of aliphatic carboxylic acids is 1. The normalized spacial score (nSPS) is 14.7. The standard InChI is InChI=1S/C4H8N4O3/c5-3(4(10)11)2(9)1-7-8-6/h2-3,9H,1,5H2,(H,10,11)/p-1/t2-,3+/m0/s1. The van der Waals surface area contributed by atoms with Gasteiger partial charge >= 0.3 is 0 Å². The number of carbonyl (C=O) groups excluding carboxylic acids is 1. The molecule has 0 bridgehead atoms. The maximum atomic E-state index is 9.97. The number of aliphatic hydroxyl groups is 1. The van der Waals surface area contributed by atoms with Crippen LogP contribution in [0.2, 0.25) is 0 Å². The smallest absolute Gasteiger partial charge is 0.0801 e. The Labute approximate surface area is 62.1 Å². The molecule has 0 aliphatic heterocycles. The molecule has 2 atom stereocenters. The SMILES string of the molecule is [N-]=[N+]=NC[C@H](O)[C@@H](N)C(=O)[O-]. The molecule has 0 amide bonds. The number of carboxylic acid groups (broad SMARTS) is 1. The summed E-state index contributed by atoms with van der Waals surface area (Å²) >= 11 is 0. The lowest BCUT2D eigenvalue weighted by atomic mass is 10.2. The van der Waals surface area contributed by atoms with E-state index in [4.69, 9.17) is 16.4 Å². The van der Waals surface area contributed by atoms with Gasteiger partial charge in [-0.15, -0.1) is 0 Å². The number of hydrogen-bond donors (Lipinski definition) is 2. The number of nitrogens with two attached hydrogens (primary N) is 1. The number of rotatable bonds is 4. The second-order valence-electron chi connectivity index (χ2n) is 1.83. The highest BCUT2D eigenvalue weighted by molar-refractivity contribution is 5.71. The Balaban J connectivity index is 3.91. The molecule has 0 rings (SSSR count). The average molecular weight is 159 g/mol. The summed E-state index contributed by atoms with van der Waals surface area (Å²) in [5.41, 5.74) is 12.7. The van der Waals surface area contributed by atoms with Crippen molar-refractivity contribution in [3.05, 3.63) is 10.4 Å². The van der Waals surface area contributed by atoms with E-state index in [-0.39, 0.29) is 6.54 Å². The molecule has 0 aliphatic carbocycles. The second kappa shape index (κ2) is 4.51. The molecular formula is C4H7N4O3-. The van der Waals surface area contributed by atoms with Crippen molar-refractivity contribution in [2.75, 3.05) is 6.54 Å². The molecule has 11 heavy (non-hydrogen) atoms. The van der Waals surface area contributed by atoms with Crippen LogP contribution in [0.4, 0.5) is 0 Å². The molecule has 62 valence electrons. The van der Waals surface area contributed by atoms with E-state index >= 15 is 0 Å². The van der Waals surface area contributed by atoms with Gasteiger partial charge in [0.15, 0.2) is 0 Å². The Morgan fingerprint density at radius 3 is 2.82 bits per heavy atom. The highest BCUT2D eigenvalue weighted by atomic mass is 16.4. The molecule has 0 radical (unpaired) electrons. The molecule has 0 aromatic heterocycles. The van der Waals surface area contributed by atoms with Gasteiger partial charge in [0, 0.05) is 4.91 Å². The Hall–Kier alpha value is -1.30. The van der Waals surface area contributed by atoms with Gasteiger partial charge in [-0.2, -0.15) is 0 Å². The molecular weight excluding hydrogens is 152 g/mol. The van der Waals surface area contributed by atoms with Crippen molar-refractivity contribution in [1.82, 2.24) is 0 Å². The van der Waals surface area contributed by atoms with Crippen molar-refractivity contribution in [3.8, 4) is 0 Å². The maximum absolute atomic E-state index is 9.97. The number of azide groups is 1. The van der Waals surface area contributed by atoms with Crippen LogP contribution in [-0.2, 0) is 4.79 Å². The van der Waals surface area contributed by atoms with E-state index in [0.29, 0.717) is 0 Å². The van der Waals surface area contributed by atoms with E-state index in [1.54, 1.807) is 0 Å². The molecule has 0 aromatic rings. The third-order valence-electron chi connectivity index (χ3n) is 1.02. The first kappa shape index (κ1) is 9.70. The molecule has 0 unspecified atom stereocenters. The van der Waals surface area contributed by atoms with E-state index in [2.05, 4.69) is 10.0 Å². The number of carboxylic acids is 1. The van der Waals surface area contributed by atoms with Crippen LogP contribution >= 0.6 is 0 Å². The van der Waals surface area contributed by atoms with Crippen molar-refractivity contribution in [1.29, 1.82) is 0 Å². The lowest BCUT2D eigenvalue weighted by Gasteiger charge is -2.16. The van der Waals surface area contributed by atoms with Crippen LogP contribution in [0.5, 0.6) is 0 Å². The monoisotopic (exact) mass is 159 g/mol. The summed E-state index contributed by atoms with van der Waals surface area (Å²) in [6, 6.07) is -1.51. The van der Waals surface area contributed by atoms with Crippen molar-refractivity contribution in [3.63, 3.8) is 0 Å².